The van der Waals surface area contributed by atoms with Gasteiger partial charge in [0, 0.05) is 24.6 Å². The Morgan fingerprint density at radius 1 is 1.10 bits per heavy atom. The average molecular weight is 438 g/mol. The highest BCUT2D eigenvalue weighted by atomic mass is 32.2. The molecule has 3 aromatic rings. The first-order valence-electron chi connectivity index (χ1n) is 10.9. The molecule has 1 aromatic carbocycles. The van der Waals surface area contributed by atoms with E-state index in [1.807, 2.05) is 13.0 Å². The minimum Gasteiger partial charge on any atom is -0.376 e. The predicted molar refractivity (Wildman–Crippen MR) is 124 cm³/mol. The molecule has 0 N–H and O–H groups in total. The Hall–Kier alpha value is -2.22. The first kappa shape index (κ1) is 22.0. The van der Waals surface area contributed by atoms with Crippen LogP contribution in [0.25, 0.3) is 0 Å². The van der Waals surface area contributed by atoms with Gasteiger partial charge < -0.3 is 9.30 Å². The highest BCUT2D eigenvalue weighted by Gasteiger charge is 2.22. The van der Waals surface area contributed by atoms with Crippen molar-refractivity contribution in [3.63, 3.8) is 0 Å². The summed E-state index contributed by atoms with van der Waals surface area (Å²) in [6.45, 7) is 7.36. The molecule has 3 heterocycles. The molecule has 1 fully saturated rings. The third-order valence-corrected chi connectivity index (χ3v) is 6.63. The lowest BCUT2D eigenvalue weighted by Gasteiger charge is -2.19. The van der Waals surface area contributed by atoms with Gasteiger partial charge in [-0.25, -0.2) is 0 Å². The first-order chi connectivity index (χ1) is 15.1. The Morgan fingerprint density at radius 3 is 2.74 bits per heavy atom. The number of hydrogen-bond acceptors (Lipinski definition) is 6. The molecule has 0 bridgehead atoms. The fraction of sp³-hybridized carbons (Fsp3) is 0.458. The summed E-state index contributed by atoms with van der Waals surface area (Å²) < 4.78 is 8.19. The lowest BCUT2D eigenvalue weighted by molar-refractivity contribution is 0.0934. The van der Waals surface area contributed by atoms with Gasteiger partial charge in [-0.15, -0.1) is 10.2 Å². The van der Waals surface area contributed by atoms with E-state index in [9.17, 15) is 0 Å². The number of hydrogen-bond donors (Lipinski definition) is 0. The van der Waals surface area contributed by atoms with Gasteiger partial charge in [-0.05, 0) is 57.0 Å². The zero-order valence-electron chi connectivity index (χ0n) is 18.6. The highest BCUT2D eigenvalue weighted by molar-refractivity contribution is 7.98. The van der Waals surface area contributed by atoms with Gasteiger partial charge >= 0.3 is 0 Å². The van der Waals surface area contributed by atoms with E-state index in [2.05, 4.69) is 75.0 Å². The van der Waals surface area contributed by atoms with E-state index in [1.54, 1.807) is 11.8 Å². The van der Waals surface area contributed by atoms with Gasteiger partial charge in [0.05, 0.1) is 24.9 Å². The molecule has 6 nitrogen and oxygen atoms in total. The molecular weight excluding hydrogens is 406 g/mol. The lowest BCUT2D eigenvalue weighted by atomic mass is 10.1. The summed E-state index contributed by atoms with van der Waals surface area (Å²) in [5.74, 6) is 1.87. The monoisotopic (exact) mass is 437 g/mol. The van der Waals surface area contributed by atoms with Crippen LogP contribution in [0.3, 0.4) is 0 Å². The van der Waals surface area contributed by atoms with Gasteiger partial charge in [-0.2, -0.15) is 0 Å². The summed E-state index contributed by atoms with van der Waals surface area (Å²) >= 11 is 1.75. The molecular formula is C24H31N5OS. The fourth-order valence-corrected chi connectivity index (χ4v) is 4.94. The predicted octanol–water partition coefficient (Wildman–Crippen LogP) is 4.39. The second-order valence-corrected chi connectivity index (χ2v) is 9.24. The largest absolute Gasteiger partial charge is 0.376 e. The third-order valence-electron chi connectivity index (χ3n) is 5.61. The Bertz CT molecular complexity index is 999. The molecule has 0 radical (unpaired) electrons. The van der Waals surface area contributed by atoms with E-state index in [4.69, 9.17) is 4.74 Å². The SMILES string of the molecule is Cc1cccc(CN(C)Cc2nnc(SCc3ccccc3C)n2C[C@H]2CCCO2)n1. The molecule has 1 atom stereocenters. The molecule has 0 spiro atoms. The Morgan fingerprint density at radius 2 is 1.97 bits per heavy atom. The van der Waals surface area contributed by atoms with Crippen molar-refractivity contribution in [1.82, 2.24) is 24.6 Å². The van der Waals surface area contributed by atoms with Crippen molar-refractivity contribution in [2.45, 2.75) is 63.3 Å². The van der Waals surface area contributed by atoms with Gasteiger partial charge in [0.25, 0.3) is 0 Å². The van der Waals surface area contributed by atoms with E-state index in [0.717, 1.165) is 67.2 Å². The van der Waals surface area contributed by atoms with Crippen molar-refractivity contribution in [1.29, 1.82) is 0 Å². The summed E-state index contributed by atoms with van der Waals surface area (Å²) in [7, 11) is 2.11. The van der Waals surface area contributed by atoms with Crippen LogP contribution < -0.4 is 0 Å². The lowest BCUT2D eigenvalue weighted by Crippen LogP contribution is -2.23. The van der Waals surface area contributed by atoms with Crippen LogP contribution in [0.2, 0.25) is 0 Å². The van der Waals surface area contributed by atoms with Crippen LogP contribution in [0.4, 0.5) is 0 Å². The van der Waals surface area contributed by atoms with E-state index in [0.29, 0.717) is 0 Å². The van der Waals surface area contributed by atoms with Crippen LogP contribution in [-0.4, -0.2) is 44.4 Å². The van der Waals surface area contributed by atoms with E-state index >= 15 is 0 Å². The van der Waals surface area contributed by atoms with Crippen LogP contribution in [-0.2, 0) is 30.1 Å². The molecule has 1 aliphatic rings. The molecule has 7 heteroatoms. The van der Waals surface area contributed by atoms with Crippen molar-refractivity contribution in [2.75, 3.05) is 13.7 Å². The van der Waals surface area contributed by atoms with Crippen LogP contribution in [0, 0.1) is 13.8 Å². The smallest absolute Gasteiger partial charge is 0.191 e. The normalized spacial score (nSPS) is 16.3. The summed E-state index contributed by atoms with van der Waals surface area (Å²) in [5, 5.41) is 10.1. The zero-order chi connectivity index (χ0) is 21.6. The second-order valence-electron chi connectivity index (χ2n) is 8.30. The number of pyridine rings is 1. The van der Waals surface area contributed by atoms with Gasteiger partial charge in [0.2, 0.25) is 0 Å². The Balaban J connectivity index is 1.48. The maximum atomic E-state index is 5.92. The van der Waals surface area contributed by atoms with E-state index in [1.165, 1.54) is 11.1 Å². The van der Waals surface area contributed by atoms with E-state index in [-0.39, 0.29) is 6.10 Å². The van der Waals surface area contributed by atoms with Crippen molar-refractivity contribution in [3.05, 3.63) is 70.8 Å². The molecule has 2 aromatic heterocycles. The van der Waals surface area contributed by atoms with Crippen molar-refractivity contribution in [2.24, 2.45) is 0 Å². The molecule has 31 heavy (non-hydrogen) atoms. The molecule has 4 rings (SSSR count). The zero-order valence-corrected chi connectivity index (χ0v) is 19.4. The van der Waals surface area contributed by atoms with Crippen LogP contribution >= 0.6 is 11.8 Å². The average Bonchev–Trinajstić information content (AvgIpc) is 3.38. The Kier molecular flexibility index (Phi) is 7.37. The minimum absolute atomic E-state index is 0.247. The minimum atomic E-state index is 0.247. The van der Waals surface area contributed by atoms with Crippen LogP contribution in [0.1, 0.15) is 41.2 Å². The van der Waals surface area contributed by atoms with Crippen molar-refractivity contribution >= 4 is 11.8 Å². The summed E-state index contributed by atoms with van der Waals surface area (Å²) in [4.78, 5) is 6.87. The Labute approximate surface area is 189 Å². The second kappa shape index (κ2) is 10.4. The first-order valence-corrected chi connectivity index (χ1v) is 11.9. The number of ether oxygens (including phenoxy) is 1. The molecule has 0 aliphatic carbocycles. The number of nitrogens with zero attached hydrogens (tertiary/aromatic N) is 5. The highest BCUT2D eigenvalue weighted by Crippen LogP contribution is 2.26. The van der Waals surface area contributed by atoms with Gasteiger partial charge in [-0.3, -0.25) is 9.88 Å². The maximum Gasteiger partial charge on any atom is 0.191 e. The maximum absolute atomic E-state index is 5.92. The van der Waals surface area contributed by atoms with Crippen LogP contribution in [0.15, 0.2) is 47.6 Å². The number of aryl methyl sites for hydroxylation is 2. The van der Waals surface area contributed by atoms with E-state index < -0.39 is 0 Å². The van der Waals surface area contributed by atoms with Crippen LogP contribution in [0.5, 0.6) is 0 Å². The number of thioether (sulfide) groups is 1. The standard InChI is InChI=1S/C24H31N5OS/c1-18-8-4-5-10-20(18)17-31-24-27-26-23(29(24)15-22-12-7-13-30-22)16-28(3)14-21-11-6-9-19(2)25-21/h4-6,8-11,22H,7,12-17H2,1-3H3/t22-/m1/s1. The van der Waals surface area contributed by atoms with Gasteiger partial charge in [0.15, 0.2) is 5.16 Å². The quantitative estimate of drug-likeness (QED) is 0.463. The van der Waals surface area contributed by atoms with Gasteiger partial charge in [0.1, 0.15) is 5.82 Å². The van der Waals surface area contributed by atoms with Crippen molar-refractivity contribution in [3.8, 4) is 0 Å². The molecule has 164 valence electrons. The third kappa shape index (κ3) is 5.93. The topological polar surface area (TPSA) is 56.1 Å². The molecule has 0 saturated carbocycles. The molecule has 0 amide bonds. The molecule has 0 unspecified atom stereocenters. The van der Waals surface area contributed by atoms with Crippen molar-refractivity contribution < 1.29 is 4.74 Å². The van der Waals surface area contributed by atoms with Gasteiger partial charge in [-0.1, -0.05) is 42.1 Å². The molecule has 1 saturated heterocycles. The fourth-order valence-electron chi connectivity index (χ4n) is 3.89. The number of rotatable bonds is 9. The summed E-state index contributed by atoms with van der Waals surface area (Å²) in [6.07, 6.45) is 2.48. The summed E-state index contributed by atoms with van der Waals surface area (Å²) in [5.41, 5.74) is 4.76. The number of benzene rings is 1. The summed E-state index contributed by atoms with van der Waals surface area (Å²) in [6, 6.07) is 14.7. The number of aromatic nitrogens is 4. The molecule has 1 aliphatic heterocycles.